The zero-order valence-corrected chi connectivity index (χ0v) is 11.5. The van der Waals surface area contributed by atoms with Gasteiger partial charge in [-0.15, -0.1) is 0 Å². The van der Waals surface area contributed by atoms with Gasteiger partial charge >= 0.3 is 5.97 Å². The molecular formula is C15H21NO3. The molecule has 0 saturated heterocycles. The highest BCUT2D eigenvalue weighted by Gasteiger charge is 2.10. The number of benzene rings is 1. The van der Waals surface area contributed by atoms with E-state index in [2.05, 4.69) is 12.2 Å². The van der Waals surface area contributed by atoms with E-state index in [1.807, 2.05) is 31.2 Å². The molecule has 1 rings (SSSR count). The number of anilines is 1. The van der Waals surface area contributed by atoms with Crippen LogP contribution in [0.25, 0.3) is 0 Å². The number of carboxylic acid groups (broad SMARTS) is 1. The Kier molecular flexibility index (Phi) is 6.06. The van der Waals surface area contributed by atoms with E-state index in [1.165, 1.54) is 0 Å². The Balaban J connectivity index is 2.66. The lowest BCUT2D eigenvalue weighted by Gasteiger charge is -2.12. The molecule has 1 atom stereocenters. The van der Waals surface area contributed by atoms with Gasteiger partial charge in [-0.3, -0.25) is 9.59 Å². The maximum atomic E-state index is 11.8. The molecule has 1 aromatic carbocycles. The van der Waals surface area contributed by atoms with Gasteiger partial charge in [-0.1, -0.05) is 38.5 Å². The van der Waals surface area contributed by atoms with E-state index in [1.54, 1.807) is 0 Å². The van der Waals surface area contributed by atoms with Crippen LogP contribution in [-0.4, -0.2) is 17.0 Å². The lowest BCUT2D eigenvalue weighted by atomic mass is 10.0. The van der Waals surface area contributed by atoms with Crippen LogP contribution in [0.15, 0.2) is 24.3 Å². The summed E-state index contributed by atoms with van der Waals surface area (Å²) in [6, 6.07) is 7.35. The lowest BCUT2D eigenvalue weighted by molar-refractivity contribution is -0.136. The van der Waals surface area contributed by atoms with Crippen LogP contribution in [0.5, 0.6) is 0 Å². The predicted molar refractivity (Wildman–Crippen MR) is 75.1 cm³/mol. The second kappa shape index (κ2) is 7.56. The Morgan fingerprint density at radius 2 is 2.00 bits per heavy atom. The molecule has 1 aromatic rings. The van der Waals surface area contributed by atoms with Crippen LogP contribution in [0.3, 0.4) is 0 Å². The standard InChI is InChI=1S/C15H21NO3/c1-3-11(2)10-14(17)16-13-7-5-4-6-12(13)8-9-15(18)19/h4-7,11H,3,8-10H2,1-2H3,(H,16,17)(H,18,19). The summed E-state index contributed by atoms with van der Waals surface area (Å²) in [7, 11) is 0. The van der Waals surface area contributed by atoms with Crippen molar-refractivity contribution in [3.05, 3.63) is 29.8 Å². The first-order valence-corrected chi connectivity index (χ1v) is 6.62. The van der Waals surface area contributed by atoms with E-state index < -0.39 is 5.97 Å². The maximum Gasteiger partial charge on any atom is 0.303 e. The van der Waals surface area contributed by atoms with Gasteiger partial charge in [-0.2, -0.15) is 0 Å². The Morgan fingerprint density at radius 1 is 1.32 bits per heavy atom. The molecular weight excluding hydrogens is 242 g/mol. The highest BCUT2D eigenvalue weighted by atomic mass is 16.4. The highest BCUT2D eigenvalue weighted by Crippen LogP contribution is 2.18. The largest absolute Gasteiger partial charge is 0.481 e. The maximum absolute atomic E-state index is 11.8. The Labute approximate surface area is 113 Å². The van der Waals surface area contributed by atoms with Gasteiger partial charge in [0.05, 0.1) is 0 Å². The second-order valence-electron chi connectivity index (χ2n) is 4.82. The Hall–Kier alpha value is -1.84. The monoisotopic (exact) mass is 263 g/mol. The summed E-state index contributed by atoms with van der Waals surface area (Å²) in [4.78, 5) is 22.4. The van der Waals surface area contributed by atoms with Crippen LogP contribution in [0.4, 0.5) is 5.69 Å². The molecule has 0 radical (unpaired) electrons. The first-order valence-electron chi connectivity index (χ1n) is 6.62. The molecule has 0 heterocycles. The summed E-state index contributed by atoms with van der Waals surface area (Å²) in [5, 5.41) is 11.6. The van der Waals surface area contributed by atoms with E-state index in [4.69, 9.17) is 5.11 Å². The van der Waals surface area contributed by atoms with Gasteiger partial charge in [0.2, 0.25) is 5.91 Å². The van der Waals surface area contributed by atoms with Crippen molar-refractivity contribution in [1.29, 1.82) is 0 Å². The predicted octanol–water partition coefficient (Wildman–Crippen LogP) is 3.08. The molecule has 4 heteroatoms. The molecule has 0 fully saturated rings. The molecule has 0 bridgehead atoms. The van der Waals surface area contributed by atoms with Crippen LogP contribution >= 0.6 is 0 Å². The first-order chi connectivity index (χ1) is 9.02. The molecule has 0 aromatic heterocycles. The van der Waals surface area contributed by atoms with Gasteiger partial charge in [0.1, 0.15) is 0 Å². The summed E-state index contributed by atoms with van der Waals surface area (Å²) < 4.78 is 0. The third-order valence-electron chi connectivity index (χ3n) is 3.13. The quantitative estimate of drug-likeness (QED) is 0.794. The van der Waals surface area contributed by atoms with E-state index in [0.29, 0.717) is 18.8 Å². The van der Waals surface area contributed by atoms with Crippen molar-refractivity contribution in [1.82, 2.24) is 0 Å². The number of nitrogens with one attached hydrogen (secondary N) is 1. The van der Waals surface area contributed by atoms with Gasteiger partial charge in [0, 0.05) is 18.5 Å². The van der Waals surface area contributed by atoms with E-state index in [9.17, 15) is 9.59 Å². The van der Waals surface area contributed by atoms with Gasteiger partial charge < -0.3 is 10.4 Å². The second-order valence-corrected chi connectivity index (χ2v) is 4.82. The molecule has 2 N–H and O–H groups in total. The van der Waals surface area contributed by atoms with Crippen molar-refractivity contribution in [2.75, 3.05) is 5.32 Å². The smallest absolute Gasteiger partial charge is 0.303 e. The molecule has 0 aliphatic carbocycles. The normalized spacial score (nSPS) is 11.9. The van der Waals surface area contributed by atoms with E-state index in [-0.39, 0.29) is 12.3 Å². The van der Waals surface area contributed by atoms with Crippen molar-refractivity contribution < 1.29 is 14.7 Å². The van der Waals surface area contributed by atoms with E-state index >= 15 is 0 Å². The molecule has 4 nitrogen and oxygen atoms in total. The first kappa shape index (κ1) is 15.2. The zero-order valence-electron chi connectivity index (χ0n) is 11.5. The third-order valence-corrected chi connectivity index (χ3v) is 3.13. The van der Waals surface area contributed by atoms with Gasteiger partial charge in [0.25, 0.3) is 0 Å². The van der Waals surface area contributed by atoms with Crippen molar-refractivity contribution >= 4 is 17.6 Å². The molecule has 104 valence electrons. The number of hydrogen-bond donors (Lipinski definition) is 2. The number of aryl methyl sites for hydroxylation is 1. The molecule has 0 saturated carbocycles. The van der Waals surface area contributed by atoms with Gasteiger partial charge in [0.15, 0.2) is 0 Å². The average molecular weight is 263 g/mol. The number of aliphatic carboxylic acids is 1. The number of carbonyl (C=O) groups excluding carboxylic acids is 1. The van der Waals surface area contributed by atoms with Crippen LogP contribution in [0, 0.1) is 5.92 Å². The van der Waals surface area contributed by atoms with Crippen molar-refractivity contribution in [2.45, 2.75) is 39.5 Å². The molecule has 0 aliphatic heterocycles. The minimum absolute atomic E-state index is 0.0166. The number of para-hydroxylation sites is 1. The van der Waals surface area contributed by atoms with Crippen LogP contribution < -0.4 is 5.32 Å². The highest BCUT2D eigenvalue weighted by molar-refractivity contribution is 5.91. The molecule has 1 unspecified atom stereocenters. The summed E-state index contributed by atoms with van der Waals surface area (Å²) >= 11 is 0. The van der Waals surface area contributed by atoms with Crippen molar-refractivity contribution in [3.63, 3.8) is 0 Å². The third kappa shape index (κ3) is 5.55. The number of rotatable bonds is 7. The summed E-state index contributed by atoms with van der Waals surface area (Å²) in [5.41, 5.74) is 1.58. The number of carboxylic acids is 1. The lowest BCUT2D eigenvalue weighted by Crippen LogP contribution is -2.16. The summed E-state index contributed by atoms with van der Waals surface area (Å²) in [6.07, 6.45) is 1.95. The minimum Gasteiger partial charge on any atom is -0.481 e. The fourth-order valence-corrected chi connectivity index (χ4v) is 1.76. The molecule has 0 aliphatic rings. The van der Waals surface area contributed by atoms with Crippen molar-refractivity contribution in [2.24, 2.45) is 5.92 Å². The van der Waals surface area contributed by atoms with Gasteiger partial charge in [-0.25, -0.2) is 0 Å². The minimum atomic E-state index is -0.833. The van der Waals surface area contributed by atoms with Crippen LogP contribution in [0.2, 0.25) is 0 Å². The molecule has 19 heavy (non-hydrogen) atoms. The van der Waals surface area contributed by atoms with E-state index in [0.717, 1.165) is 17.7 Å². The topological polar surface area (TPSA) is 66.4 Å². The van der Waals surface area contributed by atoms with Crippen LogP contribution in [0.1, 0.15) is 38.7 Å². The number of carbonyl (C=O) groups is 2. The van der Waals surface area contributed by atoms with Crippen LogP contribution in [-0.2, 0) is 16.0 Å². The Morgan fingerprint density at radius 3 is 2.63 bits per heavy atom. The summed E-state index contributed by atoms with van der Waals surface area (Å²) in [5.74, 6) is -0.496. The molecule has 1 amide bonds. The fourth-order valence-electron chi connectivity index (χ4n) is 1.76. The SMILES string of the molecule is CCC(C)CC(=O)Nc1ccccc1CCC(=O)O. The Bertz CT molecular complexity index is 443. The number of amides is 1. The average Bonchev–Trinajstić information content (AvgIpc) is 2.37. The number of hydrogen-bond acceptors (Lipinski definition) is 2. The summed E-state index contributed by atoms with van der Waals surface area (Å²) in [6.45, 7) is 4.09. The fraction of sp³-hybridized carbons (Fsp3) is 0.467. The zero-order chi connectivity index (χ0) is 14.3. The van der Waals surface area contributed by atoms with Crippen molar-refractivity contribution in [3.8, 4) is 0 Å². The van der Waals surface area contributed by atoms with Gasteiger partial charge in [-0.05, 0) is 24.0 Å². The molecule has 0 spiro atoms.